The molecule has 0 unspecified atom stereocenters. The van der Waals surface area contributed by atoms with Crippen molar-refractivity contribution in [2.45, 2.75) is 12.8 Å². The third kappa shape index (κ3) is 2.45. The number of H-pyrrole nitrogens is 2. The highest BCUT2D eigenvalue weighted by Crippen LogP contribution is 2.31. The van der Waals surface area contributed by atoms with Crippen molar-refractivity contribution in [3.63, 3.8) is 0 Å². The molecule has 0 saturated carbocycles. The highest BCUT2D eigenvalue weighted by Gasteiger charge is 2.18. The van der Waals surface area contributed by atoms with E-state index < -0.39 is 0 Å². The van der Waals surface area contributed by atoms with Gasteiger partial charge in [0, 0.05) is 28.8 Å². The Morgan fingerprint density at radius 3 is 2.05 bits per heavy atom. The van der Waals surface area contributed by atoms with Gasteiger partial charge < -0.3 is 9.97 Å². The van der Waals surface area contributed by atoms with Crippen molar-refractivity contribution in [1.82, 2.24) is 9.97 Å². The average molecular weight is 271 g/mol. The smallest absolute Gasteiger partial charge is 0.0642 e. The van der Waals surface area contributed by atoms with Crippen LogP contribution in [0.4, 0.5) is 0 Å². The summed E-state index contributed by atoms with van der Waals surface area (Å²) in [5.74, 6) is 0.155. The van der Waals surface area contributed by atoms with E-state index in [0.29, 0.717) is 0 Å². The lowest BCUT2D eigenvalue weighted by atomic mass is 9.91. The van der Waals surface area contributed by atoms with E-state index in [9.17, 15) is 0 Å². The van der Waals surface area contributed by atoms with Crippen molar-refractivity contribution < 1.29 is 0 Å². The molecule has 0 saturated heterocycles. The number of aromatic nitrogens is 2. The average Bonchev–Trinajstić information content (AvgIpc) is 3.01. The molecule has 96 valence electrons. The molecule has 3 rings (SSSR count). The number of hydrogen-bond acceptors (Lipinski definition) is 0. The zero-order valence-corrected chi connectivity index (χ0v) is 11.4. The molecule has 3 heteroatoms. The first-order valence-electron chi connectivity index (χ1n) is 6.28. The summed E-state index contributed by atoms with van der Waals surface area (Å²) in [6.45, 7) is 2.07. The minimum absolute atomic E-state index is 0.155. The van der Waals surface area contributed by atoms with Crippen molar-refractivity contribution in [2.75, 3.05) is 0 Å². The molecular formula is C16H15ClN2. The minimum Gasteiger partial charge on any atom is -0.364 e. The standard InChI is InChI=1S/C16H15ClN2/c1-11-8-12(10-13(17)9-11)16(14-4-2-6-18-14)15-5-3-7-19-15/h2-10,16,18-19H,1H3. The Hall–Kier alpha value is -1.93. The Bertz CT molecular complexity index is 600. The fraction of sp³-hybridized carbons (Fsp3) is 0.125. The quantitative estimate of drug-likeness (QED) is 0.703. The van der Waals surface area contributed by atoms with E-state index in [1.165, 1.54) is 11.1 Å². The number of nitrogens with one attached hydrogen (secondary N) is 2. The van der Waals surface area contributed by atoms with E-state index in [1.54, 1.807) is 0 Å². The van der Waals surface area contributed by atoms with E-state index in [1.807, 2.05) is 36.7 Å². The third-order valence-electron chi connectivity index (χ3n) is 3.26. The van der Waals surface area contributed by atoms with Gasteiger partial charge in [0.05, 0.1) is 5.92 Å². The van der Waals surface area contributed by atoms with Crippen molar-refractivity contribution in [3.8, 4) is 0 Å². The predicted molar refractivity (Wildman–Crippen MR) is 78.7 cm³/mol. The highest BCUT2D eigenvalue weighted by molar-refractivity contribution is 6.30. The summed E-state index contributed by atoms with van der Waals surface area (Å²) < 4.78 is 0. The SMILES string of the molecule is Cc1cc(Cl)cc(C(c2ccc[nH]2)c2ccc[nH]2)c1. The van der Waals surface area contributed by atoms with E-state index in [-0.39, 0.29) is 5.92 Å². The molecule has 2 N–H and O–H groups in total. The number of hydrogen-bond donors (Lipinski definition) is 2. The van der Waals surface area contributed by atoms with E-state index in [0.717, 1.165) is 16.4 Å². The Balaban J connectivity index is 2.14. The number of rotatable bonds is 3. The molecule has 2 heterocycles. The summed E-state index contributed by atoms with van der Waals surface area (Å²) in [6.07, 6.45) is 3.89. The second kappa shape index (κ2) is 4.98. The first kappa shape index (κ1) is 12.1. The molecule has 3 aromatic rings. The zero-order valence-electron chi connectivity index (χ0n) is 10.7. The van der Waals surface area contributed by atoms with Gasteiger partial charge in [0.2, 0.25) is 0 Å². The summed E-state index contributed by atoms with van der Waals surface area (Å²) in [5.41, 5.74) is 4.67. The fourth-order valence-electron chi connectivity index (χ4n) is 2.51. The molecule has 0 spiro atoms. The molecule has 0 aliphatic carbocycles. The van der Waals surface area contributed by atoms with E-state index in [2.05, 4.69) is 35.1 Å². The number of benzene rings is 1. The van der Waals surface area contributed by atoms with Crippen LogP contribution in [-0.2, 0) is 0 Å². The van der Waals surface area contributed by atoms with Gasteiger partial charge in [-0.05, 0) is 54.4 Å². The van der Waals surface area contributed by atoms with Crippen LogP contribution in [0, 0.1) is 6.92 Å². The number of aromatic amines is 2. The number of aryl methyl sites for hydroxylation is 1. The molecule has 0 amide bonds. The molecule has 1 aromatic carbocycles. The lowest BCUT2D eigenvalue weighted by Gasteiger charge is -2.16. The first-order valence-corrected chi connectivity index (χ1v) is 6.65. The largest absolute Gasteiger partial charge is 0.364 e. The minimum atomic E-state index is 0.155. The molecule has 2 nitrogen and oxygen atoms in total. The molecule has 0 aliphatic rings. The fourth-order valence-corrected chi connectivity index (χ4v) is 2.80. The Labute approximate surface area is 117 Å². The topological polar surface area (TPSA) is 31.6 Å². The van der Waals surface area contributed by atoms with Crippen LogP contribution in [0.15, 0.2) is 54.9 Å². The van der Waals surface area contributed by atoms with Crippen LogP contribution < -0.4 is 0 Å². The van der Waals surface area contributed by atoms with Gasteiger partial charge in [-0.15, -0.1) is 0 Å². The maximum atomic E-state index is 6.20. The lowest BCUT2D eigenvalue weighted by molar-refractivity contribution is 0.896. The van der Waals surface area contributed by atoms with Gasteiger partial charge in [-0.3, -0.25) is 0 Å². The second-order valence-corrected chi connectivity index (χ2v) is 5.18. The van der Waals surface area contributed by atoms with Gasteiger partial charge in [0.25, 0.3) is 0 Å². The maximum absolute atomic E-state index is 6.20. The molecule has 0 bridgehead atoms. The van der Waals surface area contributed by atoms with Crippen molar-refractivity contribution >= 4 is 11.6 Å². The van der Waals surface area contributed by atoms with Crippen molar-refractivity contribution in [2.24, 2.45) is 0 Å². The van der Waals surface area contributed by atoms with Gasteiger partial charge in [-0.2, -0.15) is 0 Å². The van der Waals surface area contributed by atoms with E-state index >= 15 is 0 Å². The van der Waals surface area contributed by atoms with Gasteiger partial charge in [-0.25, -0.2) is 0 Å². The summed E-state index contributed by atoms with van der Waals surface area (Å²) in [6, 6.07) is 14.4. The molecular weight excluding hydrogens is 256 g/mol. The molecule has 0 fully saturated rings. The predicted octanol–water partition coefficient (Wildman–Crippen LogP) is 4.48. The summed E-state index contributed by atoms with van der Waals surface area (Å²) in [4.78, 5) is 6.60. The van der Waals surface area contributed by atoms with E-state index in [4.69, 9.17) is 11.6 Å². The first-order chi connectivity index (χ1) is 9.24. The summed E-state index contributed by atoms with van der Waals surface area (Å²) >= 11 is 6.20. The van der Waals surface area contributed by atoms with Crippen molar-refractivity contribution in [1.29, 1.82) is 0 Å². The van der Waals surface area contributed by atoms with Gasteiger partial charge >= 0.3 is 0 Å². The van der Waals surface area contributed by atoms with Crippen LogP contribution in [0.25, 0.3) is 0 Å². The highest BCUT2D eigenvalue weighted by atomic mass is 35.5. The van der Waals surface area contributed by atoms with Gasteiger partial charge in [-0.1, -0.05) is 17.7 Å². The zero-order chi connectivity index (χ0) is 13.2. The monoisotopic (exact) mass is 270 g/mol. The van der Waals surface area contributed by atoms with Gasteiger partial charge in [0.1, 0.15) is 0 Å². The molecule has 0 atom stereocenters. The molecule has 19 heavy (non-hydrogen) atoms. The number of halogens is 1. The molecule has 0 aliphatic heterocycles. The second-order valence-electron chi connectivity index (χ2n) is 4.75. The van der Waals surface area contributed by atoms with Crippen LogP contribution in [0.3, 0.4) is 0 Å². The Kier molecular flexibility index (Phi) is 3.18. The van der Waals surface area contributed by atoms with Crippen LogP contribution in [0.1, 0.15) is 28.4 Å². The van der Waals surface area contributed by atoms with Gasteiger partial charge in [0.15, 0.2) is 0 Å². The third-order valence-corrected chi connectivity index (χ3v) is 3.48. The Morgan fingerprint density at radius 2 is 1.58 bits per heavy atom. The van der Waals surface area contributed by atoms with Crippen LogP contribution in [0.5, 0.6) is 0 Å². The molecule has 2 aromatic heterocycles. The Morgan fingerprint density at radius 1 is 0.947 bits per heavy atom. The summed E-state index contributed by atoms with van der Waals surface area (Å²) in [7, 11) is 0. The lowest BCUT2D eigenvalue weighted by Crippen LogP contribution is -2.04. The van der Waals surface area contributed by atoms with Crippen LogP contribution in [0.2, 0.25) is 5.02 Å². The van der Waals surface area contributed by atoms with Crippen LogP contribution >= 0.6 is 11.6 Å². The van der Waals surface area contributed by atoms with Crippen LogP contribution in [-0.4, -0.2) is 9.97 Å². The molecule has 0 radical (unpaired) electrons. The summed E-state index contributed by atoms with van der Waals surface area (Å²) in [5, 5.41) is 0.776. The normalized spacial score (nSPS) is 11.1. The maximum Gasteiger partial charge on any atom is 0.0642 e. The van der Waals surface area contributed by atoms with Crippen molar-refractivity contribution in [3.05, 3.63) is 82.4 Å².